The van der Waals surface area contributed by atoms with Gasteiger partial charge in [0.25, 0.3) is 22.0 Å². The summed E-state index contributed by atoms with van der Waals surface area (Å²) >= 11 is 0. The Morgan fingerprint density at radius 2 is 2.03 bits per heavy atom. The van der Waals surface area contributed by atoms with Gasteiger partial charge in [0.05, 0.1) is 17.4 Å². The largest absolute Gasteiger partial charge is 0.475 e. The highest BCUT2D eigenvalue weighted by molar-refractivity contribution is 7.86. The van der Waals surface area contributed by atoms with Gasteiger partial charge in [0.2, 0.25) is 5.88 Å². The molecule has 12 heteroatoms. The molecule has 0 aromatic carbocycles. The van der Waals surface area contributed by atoms with Gasteiger partial charge in [-0.2, -0.15) is 17.7 Å². The van der Waals surface area contributed by atoms with Crippen LogP contribution in [0.1, 0.15) is 38.4 Å². The van der Waals surface area contributed by atoms with Crippen molar-refractivity contribution in [3.05, 3.63) is 24.2 Å². The van der Waals surface area contributed by atoms with Crippen LogP contribution < -0.4 is 9.88 Å². The summed E-state index contributed by atoms with van der Waals surface area (Å²) in [5.74, 6) is -3.89. The van der Waals surface area contributed by atoms with E-state index < -0.39 is 27.5 Å². The molecule has 1 atom stereocenters. The molecule has 2 aromatic rings. The van der Waals surface area contributed by atoms with Crippen LogP contribution in [0.4, 0.5) is 8.78 Å². The molecular weight excluding hydrogens is 408 g/mol. The van der Waals surface area contributed by atoms with E-state index in [1.807, 2.05) is 13.8 Å². The molecule has 2 aromatic heterocycles. The second-order valence-electron chi connectivity index (χ2n) is 7.66. The molecule has 158 valence electrons. The van der Waals surface area contributed by atoms with Gasteiger partial charge in [-0.1, -0.05) is 5.16 Å². The average Bonchev–Trinajstić information content (AvgIpc) is 2.96. The van der Waals surface area contributed by atoms with Crippen LogP contribution >= 0.6 is 0 Å². The minimum absolute atomic E-state index is 0.0212. The molecule has 29 heavy (non-hydrogen) atoms. The lowest BCUT2D eigenvalue weighted by Crippen LogP contribution is -2.43. The zero-order chi connectivity index (χ0) is 21.0. The molecule has 1 aliphatic carbocycles. The second kappa shape index (κ2) is 6.67. The fraction of sp³-hybridized carbons (Fsp3) is 0.588. The van der Waals surface area contributed by atoms with E-state index in [2.05, 4.69) is 15.1 Å². The lowest BCUT2D eigenvalue weighted by Gasteiger charge is -2.30. The van der Waals surface area contributed by atoms with Gasteiger partial charge in [-0.05, 0) is 32.8 Å². The lowest BCUT2D eigenvalue weighted by atomic mass is 9.91. The molecular formula is C17H21F2N5O4S. The van der Waals surface area contributed by atoms with Crippen LogP contribution in [0.3, 0.4) is 0 Å². The number of hydrogen-bond acceptors (Lipinski definition) is 7. The molecule has 3 heterocycles. The number of nitrogens with two attached hydrogens (primary N) is 1. The highest BCUT2D eigenvalue weighted by Crippen LogP contribution is 2.75. The molecule has 1 aliphatic heterocycles. The van der Waals surface area contributed by atoms with Crippen LogP contribution in [-0.4, -0.2) is 53.0 Å². The number of ether oxygens (including phenoxy) is 1. The Hall–Kier alpha value is -2.18. The maximum atomic E-state index is 14.7. The summed E-state index contributed by atoms with van der Waals surface area (Å²) in [4.78, 5) is 8.26. The van der Waals surface area contributed by atoms with Crippen molar-refractivity contribution in [3.8, 4) is 17.3 Å². The third kappa shape index (κ3) is 3.38. The third-order valence-electron chi connectivity index (χ3n) is 5.51. The van der Waals surface area contributed by atoms with Crippen LogP contribution in [-0.2, 0) is 10.2 Å². The average molecular weight is 429 g/mol. The van der Waals surface area contributed by atoms with E-state index in [0.29, 0.717) is 11.4 Å². The molecule has 2 N–H and O–H groups in total. The second-order valence-corrected chi connectivity index (χ2v) is 9.21. The maximum Gasteiger partial charge on any atom is 0.276 e. The number of rotatable bonds is 5. The van der Waals surface area contributed by atoms with Crippen LogP contribution in [0, 0.1) is 5.41 Å². The number of nitrogens with zero attached hydrogens (tertiary/aromatic N) is 4. The number of piperidine rings is 1. The van der Waals surface area contributed by atoms with Gasteiger partial charge in [-0.3, -0.25) is 0 Å². The van der Waals surface area contributed by atoms with E-state index in [-0.39, 0.29) is 43.8 Å². The van der Waals surface area contributed by atoms with E-state index in [4.69, 9.17) is 14.4 Å². The summed E-state index contributed by atoms with van der Waals surface area (Å²) in [5, 5.41) is 8.87. The molecule has 1 saturated heterocycles. The topological polar surface area (TPSA) is 124 Å². The van der Waals surface area contributed by atoms with Gasteiger partial charge < -0.3 is 9.26 Å². The van der Waals surface area contributed by atoms with Crippen molar-refractivity contribution < 1.29 is 26.5 Å². The molecule has 9 nitrogen and oxygen atoms in total. The number of halogens is 2. The van der Waals surface area contributed by atoms with Gasteiger partial charge in [0.1, 0.15) is 0 Å². The van der Waals surface area contributed by atoms with Crippen molar-refractivity contribution in [2.45, 2.75) is 44.6 Å². The van der Waals surface area contributed by atoms with Gasteiger partial charge >= 0.3 is 0 Å². The quantitative estimate of drug-likeness (QED) is 0.770. The molecule has 2 aliphatic rings. The van der Waals surface area contributed by atoms with Crippen molar-refractivity contribution in [3.63, 3.8) is 0 Å². The Labute approximate surface area is 166 Å². The molecule has 4 rings (SSSR count). The van der Waals surface area contributed by atoms with Crippen molar-refractivity contribution in [1.82, 2.24) is 19.4 Å². The molecule has 0 unspecified atom stereocenters. The number of pyridine rings is 1. The monoisotopic (exact) mass is 429 g/mol. The molecule has 0 amide bonds. The molecule has 1 spiro atoms. The SMILES string of the molecule is CC(C)Oc1cc(-c2nc([C@@H]3C(F)(F)C34CCN(S(N)(=O)=O)CC4)no2)ccn1. The Morgan fingerprint density at radius 3 is 2.66 bits per heavy atom. The summed E-state index contributed by atoms with van der Waals surface area (Å²) in [6.07, 6.45) is 1.39. The van der Waals surface area contributed by atoms with E-state index in [0.717, 1.165) is 4.31 Å². The lowest BCUT2D eigenvalue weighted by molar-refractivity contribution is 0.0411. The number of aromatic nitrogens is 3. The summed E-state index contributed by atoms with van der Waals surface area (Å²) in [6.45, 7) is 3.59. The predicted molar refractivity (Wildman–Crippen MR) is 97.3 cm³/mol. The summed E-state index contributed by atoms with van der Waals surface area (Å²) in [6, 6.07) is 3.22. The fourth-order valence-electron chi connectivity index (χ4n) is 4.00. The summed E-state index contributed by atoms with van der Waals surface area (Å²) < 4.78 is 64.1. The summed E-state index contributed by atoms with van der Waals surface area (Å²) in [7, 11) is -3.89. The molecule has 1 saturated carbocycles. The number of hydrogen-bond donors (Lipinski definition) is 1. The van der Waals surface area contributed by atoms with Crippen LogP contribution in [0.25, 0.3) is 11.5 Å². The zero-order valence-corrected chi connectivity index (χ0v) is 16.7. The standard InChI is InChI=1S/C17H21F2N5O4S/c1-10(2)27-12-9-11(3-6-21-12)15-22-14(23-28-15)13-16(17(13,18)19)4-7-24(8-5-16)29(20,25)26/h3,6,9-10,13H,4-5,7-8H2,1-2H3,(H2,20,25,26)/t13-/m0/s1. The zero-order valence-electron chi connectivity index (χ0n) is 15.9. The van der Waals surface area contributed by atoms with E-state index >= 15 is 0 Å². The Bertz CT molecular complexity index is 1020. The molecule has 0 bridgehead atoms. The van der Waals surface area contributed by atoms with E-state index in [1.54, 1.807) is 12.1 Å². The van der Waals surface area contributed by atoms with Crippen LogP contribution in [0.2, 0.25) is 0 Å². The minimum atomic E-state index is -3.89. The Balaban J connectivity index is 1.55. The van der Waals surface area contributed by atoms with E-state index in [1.165, 1.54) is 6.20 Å². The first kappa shape index (κ1) is 20.1. The fourth-order valence-corrected chi connectivity index (χ4v) is 4.69. The van der Waals surface area contributed by atoms with Crippen LogP contribution in [0.15, 0.2) is 22.9 Å². The minimum Gasteiger partial charge on any atom is -0.475 e. The molecule has 0 radical (unpaired) electrons. The van der Waals surface area contributed by atoms with Gasteiger partial charge in [-0.15, -0.1) is 0 Å². The highest BCUT2D eigenvalue weighted by Gasteiger charge is 2.82. The molecule has 2 fully saturated rings. The van der Waals surface area contributed by atoms with Crippen molar-refractivity contribution in [2.24, 2.45) is 10.6 Å². The van der Waals surface area contributed by atoms with Crippen molar-refractivity contribution in [2.75, 3.05) is 13.1 Å². The highest BCUT2D eigenvalue weighted by atomic mass is 32.2. The van der Waals surface area contributed by atoms with Gasteiger partial charge in [0.15, 0.2) is 5.82 Å². The van der Waals surface area contributed by atoms with Gasteiger partial charge in [0, 0.05) is 30.9 Å². The van der Waals surface area contributed by atoms with Gasteiger partial charge in [-0.25, -0.2) is 18.9 Å². The first-order chi connectivity index (χ1) is 13.5. The predicted octanol–water partition coefficient (Wildman–Crippen LogP) is 1.94. The first-order valence-electron chi connectivity index (χ1n) is 9.17. The van der Waals surface area contributed by atoms with Crippen molar-refractivity contribution in [1.29, 1.82) is 0 Å². The van der Waals surface area contributed by atoms with Crippen LogP contribution in [0.5, 0.6) is 5.88 Å². The summed E-state index contributed by atoms with van der Waals surface area (Å²) in [5.41, 5.74) is -0.865. The first-order valence-corrected chi connectivity index (χ1v) is 10.7. The third-order valence-corrected chi connectivity index (χ3v) is 6.59. The smallest absolute Gasteiger partial charge is 0.276 e. The van der Waals surface area contributed by atoms with E-state index in [9.17, 15) is 17.2 Å². The van der Waals surface area contributed by atoms with Crippen molar-refractivity contribution >= 4 is 10.2 Å². The Morgan fingerprint density at radius 1 is 1.34 bits per heavy atom. The normalized spacial score (nSPS) is 23.4. The maximum absolute atomic E-state index is 14.7. The Kier molecular flexibility index (Phi) is 4.63. The number of alkyl halides is 2.